The van der Waals surface area contributed by atoms with E-state index in [0.29, 0.717) is 27.6 Å². The molecule has 0 aliphatic rings. The van der Waals surface area contributed by atoms with Crippen LogP contribution in [0.4, 0.5) is 5.69 Å². The van der Waals surface area contributed by atoms with Gasteiger partial charge in [0.15, 0.2) is 6.10 Å². The summed E-state index contributed by atoms with van der Waals surface area (Å²) in [6, 6.07) is 9.58. The Hall–Kier alpha value is -2.57. The number of methoxy groups -OCH3 is 1. The predicted molar refractivity (Wildman–Crippen MR) is 98.6 cm³/mol. The first-order valence-electron chi connectivity index (χ1n) is 7.91. The average Bonchev–Trinajstić information content (AvgIpc) is 2.64. The minimum Gasteiger partial charge on any atom is -0.495 e. The Morgan fingerprint density at radius 3 is 2.46 bits per heavy atom. The molecule has 0 aliphatic carbocycles. The zero-order chi connectivity index (χ0) is 19.3. The van der Waals surface area contributed by atoms with Gasteiger partial charge >= 0.3 is 5.97 Å². The van der Waals surface area contributed by atoms with Gasteiger partial charge in [-0.1, -0.05) is 23.7 Å². The monoisotopic (exact) mass is 377 g/mol. The van der Waals surface area contributed by atoms with Crippen LogP contribution < -0.4 is 10.1 Å². The van der Waals surface area contributed by atoms with Crippen molar-refractivity contribution in [1.82, 2.24) is 0 Å². The topological polar surface area (TPSA) is 84.9 Å². The first kappa shape index (κ1) is 19.8. The number of amides is 1. The smallest absolute Gasteiger partial charge is 0.338 e. The van der Waals surface area contributed by atoms with Crippen LogP contribution in [0.2, 0.25) is 5.02 Å². The van der Waals surface area contributed by atoms with E-state index in [9.17, 15) is 9.59 Å². The SMILES string of the molecule is COc1cc(Cl)c(C)cc1NC(=O)[C@H](C)OC(=O)c1ccc(CO)cc1. The number of carbonyl (C=O) groups is 2. The molecule has 0 fully saturated rings. The van der Waals surface area contributed by atoms with E-state index in [1.807, 2.05) is 0 Å². The summed E-state index contributed by atoms with van der Waals surface area (Å²) in [5, 5.41) is 12.2. The van der Waals surface area contributed by atoms with Crippen molar-refractivity contribution in [3.05, 3.63) is 58.1 Å². The summed E-state index contributed by atoms with van der Waals surface area (Å²) in [5.41, 5.74) is 2.19. The van der Waals surface area contributed by atoms with Crippen LogP contribution in [0.5, 0.6) is 5.75 Å². The zero-order valence-corrected chi connectivity index (χ0v) is 15.5. The second kappa shape index (κ2) is 8.69. The fraction of sp³-hybridized carbons (Fsp3) is 0.263. The van der Waals surface area contributed by atoms with Crippen LogP contribution >= 0.6 is 11.6 Å². The molecule has 2 N–H and O–H groups in total. The summed E-state index contributed by atoms with van der Waals surface area (Å²) in [6.45, 7) is 3.16. The van der Waals surface area contributed by atoms with E-state index in [2.05, 4.69) is 5.32 Å². The van der Waals surface area contributed by atoms with Gasteiger partial charge in [0, 0.05) is 11.1 Å². The van der Waals surface area contributed by atoms with Crippen molar-refractivity contribution in [2.24, 2.45) is 0 Å². The molecule has 0 aromatic heterocycles. The highest BCUT2D eigenvalue weighted by Gasteiger charge is 2.20. The number of hydrogen-bond donors (Lipinski definition) is 2. The normalized spacial score (nSPS) is 11.6. The number of nitrogens with one attached hydrogen (secondary N) is 1. The Labute approximate surface area is 156 Å². The van der Waals surface area contributed by atoms with E-state index in [-0.39, 0.29) is 6.61 Å². The molecule has 7 heteroatoms. The van der Waals surface area contributed by atoms with Gasteiger partial charge in [0.2, 0.25) is 0 Å². The number of aryl methyl sites for hydroxylation is 1. The van der Waals surface area contributed by atoms with Gasteiger partial charge in [0.1, 0.15) is 5.75 Å². The average molecular weight is 378 g/mol. The van der Waals surface area contributed by atoms with Gasteiger partial charge in [-0.05, 0) is 43.2 Å². The van der Waals surface area contributed by atoms with Crippen LogP contribution in [0.15, 0.2) is 36.4 Å². The number of benzene rings is 2. The summed E-state index contributed by atoms with van der Waals surface area (Å²) < 4.78 is 10.4. The van der Waals surface area contributed by atoms with Gasteiger partial charge < -0.3 is 19.9 Å². The number of aliphatic hydroxyl groups is 1. The van der Waals surface area contributed by atoms with E-state index < -0.39 is 18.0 Å². The van der Waals surface area contributed by atoms with Gasteiger partial charge in [-0.25, -0.2) is 4.79 Å². The Bertz CT molecular complexity index is 804. The number of hydrogen-bond acceptors (Lipinski definition) is 5. The number of anilines is 1. The maximum atomic E-state index is 12.3. The van der Waals surface area contributed by atoms with Crippen molar-refractivity contribution in [3.8, 4) is 5.75 Å². The molecule has 0 radical (unpaired) electrons. The Balaban J connectivity index is 2.05. The molecule has 26 heavy (non-hydrogen) atoms. The third kappa shape index (κ3) is 4.74. The molecular formula is C19H20ClNO5. The predicted octanol–water partition coefficient (Wildman–Crippen LogP) is 3.33. The summed E-state index contributed by atoms with van der Waals surface area (Å²) >= 11 is 6.04. The molecule has 0 unspecified atom stereocenters. The van der Waals surface area contributed by atoms with Crippen LogP contribution in [0.3, 0.4) is 0 Å². The minimum absolute atomic E-state index is 0.115. The molecule has 1 atom stereocenters. The van der Waals surface area contributed by atoms with E-state index in [1.165, 1.54) is 26.2 Å². The fourth-order valence-corrected chi connectivity index (χ4v) is 2.35. The molecule has 0 spiro atoms. The standard InChI is InChI=1S/C19H20ClNO5/c1-11-8-16(17(25-3)9-15(11)20)21-18(23)12(2)26-19(24)14-6-4-13(10-22)5-7-14/h4-9,12,22H,10H2,1-3H3,(H,21,23)/t12-/m0/s1. The Morgan fingerprint density at radius 1 is 1.23 bits per heavy atom. The molecule has 0 aliphatic heterocycles. The van der Waals surface area contributed by atoms with Crippen molar-refractivity contribution in [2.75, 3.05) is 12.4 Å². The number of carbonyl (C=O) groups excluding carboxylic acids is 2. The minimum atomic E-state index is -1.01. The highest BCUT2D eigenvalue weighted by atomic mass is 35.5. The van der Waals surface area contributed by atoms with Crippen molar-refractivity contribution in [1.29, 1.82) is 0 Å². The molecule has 0 bridgehead atoms. The first-order valence-corrected chi connectivity index (χ1v) is 8.29. The van der Waals surface area contributed by atoms with Gasteiger partial charge in [0.25, 0.3) is 5.91 Å². The number of halogens is 1. The van der Waals surface area contributed by atoms with Crippen molar-refractivity contribution < 1.29 is 24.2 Å². The van der Waals surface area contributed by atoms with Gasteiger partial charge in [-0.3, -0.25) is 4.79 Å². The molecule has 0 saturated heterocycles. The third-order valence-electron chi connectivity index (χ3n) is 3.76. The summed E-state index contributed by atoms with van der Waals surface area (Å²) in [7, 11) is 1.47. The lowest BCUT2D eigenvalue weighted by Gasteiger charge is -2.16. The van der Waals surface area contributed by atoms with E-state index in [1.54, 1.807) is 31.2 Å². The van der Waals surface area contributed by atoms with Gasteiger partial charge in [-0.2, -0.15) is 0 Å². The van der Waals surface area contributed by atoms with E-state index in [0.717, 1.165) is 5.56 Å². The lowest BCUT2D eigenvalue weighted by Crippen LogP contribution is -2.30. The Kier molecular flexibility index (Phi) is 6.60. The molecule has 2 aromatic rings. The lowest BCUT2D eigenvalue weighted by molar-refractivity contribution is -0.123. The van der Waals surface area contributed by atoms with Gasteiger partial charge in [-0.15, -0.1) is 0 Å². The molecule has 1 amide bonds. The molecule has 2 aromatic carbocycles. The molecule has 0 heterocycles. The van der Waals surface area contributed by atoms with Crippen LogP contribution in [-0.2, 0) is 16.1 Å². The van der Waals surface area contributed by atoms with Crippen LogP contribution in [-0.4, -0.2) is 30.2 Å². The number of esters is 1. The van der Waals surface area contributed by atoms with Crippen molar-refractivity contribution in [2.45, 2.75) is 26.6 Å². The van der Waals surface area contributed by atoms with E-state index >= 15 is 0 Å². The summed E-state index contributed by atoms with van der Waals surface area (Å²) in [4.78, 5) is 24.5. The third-order valence-corrected chi connectivity index (χ3v) is 4.17. The van der Waals surface area contributed by atoms with E-state index in [4.69, 9.17) is 26.2 Å². The first-order chi connectivity index (χ1) is 12.3. The number of ether oxygens (including phenoxy) is 2. The maximum Gasteiger partial charge on any atom is 0.338 e. The zero-order valence-electron chi connectivity index (χ0n) is 14.7. The molecule has 6 nitrogen and oxygen atoms in total. The van der Waals surface area contributed by atoms with Crippen LogP contribution in [0.1, 0.15) is 28.4 Å². The highest BCUT2D eigenvalue weighted by molar-refractivity contribution is 6.31. The second-order valence-electron chi connectivity index (χ2n) is 5.69. The molecular weight excluding hydrogens is 358 g/mol. The lowest BCUT2D eigenvalue weighted by atomic mass is 10.1. The van der Waals surface area contributed by atoms with Gasteiger partial charge in [0.05, 0.1) is 25.0 Å². The number of rotatable bonds is 6. The van der Waals surface area contributed by atoms with Crippen LogP contribution in [0, 0.1) is 6.92 Å². The molecule has 138 valence electrons. The highest BCUT2D eigenvalue weighted by Crippen LogP contribution is 2.31. The second-order valence-corrected chi connectivity index (χ2v) is 6.10. The summed E-state index contributed by atoms with van der Waals surface area (Å²) in [6.07, 6.45) is -1.01. The maximum absolute atomic E-state index is 12.3. The van der Waals surface area contributed by atoms with Crippen LogP contribution in [0.25, 0.3) is 0 Å². The quantitative estimate of drug-likeness (QED) is 0.754. The fourth-order valence-electron chi connectivity index (χ4n) is 2.19. The largest absolute Gasteiger partial charge is 0.495 e. The molecule has 2 rings (SSSR count). The summed E-state index contributed by atoms with van der Waals surface area (Å²) in [5.74, 6) is -0.714. The van der Waals surface area contributed by atoms with Crippen molar-refractivity contribution >= 4 is 29.2 Å². The molecule has 0 saturated carbocycles. The Morgan fingerprint density at radius 2 is 1.88 bits per heavy atom. The van der Waals surface area contributed by atoms with Crippen molar-refractivity contribution in [3.63, 3.8) is 0 Å². The number of aliphatic hydroxyl groups excluding tert-OH is 1.